The summed E-state index contributed by atoms with van der Waals surface area (Å²) in [5.74, 6) is -0.527. The average molecular weight is 916 g/mol. The number of carbonyl (C=O) groups is 2. The summed E-state index contributed by atoms with van der Waals surface area (Å²) in [4.78, 5) is 61.8. The number of benzene rings is 3. The van der Waals surface area contributed by atoms with Gasteiger partial charge in [-0.1, -0.05) is 41.6 Å². The van der Waals surface area contributed by atoms with Crippen molar-refractivity contribution in [1.29, 1.82) is 0 Å². The molecule has 3 N–H and O–H groups in total. The fourth-order valence-corrected chi connectivity index (χ4v) is 8.31. The first-order chi connectivity index (χ1) is 29.5. The van der Waals surface area contributed by atoms with Crippen LogP contribution in [0.15, 0.2) is 99.2 Å². The number of aromatic nitrogens is 3. The standard InChI is InChI=1S/C41H47N3O17P2/c1-40(2,3)37(48)57-27-15-11-25(12-16-27)22-55-63(53,56-23-26-13-17-28(18-14-26)58-38(49)41(4,5)6)61-62(51,52)54-24-32-34(46)35(47)36(59-32)43-20-19-33(45)44(39(43)50)21-30-29-9-7-8-10-31(29)60-42-30/h7-20,32,34-36,46-47H,21-24H2,1-6H3,(H,51,52)/t32-,34?,35?,36-/m1/s1. The van der Waals surface area contributed by atoms with Crippen molar-refractivity contribution in [1.82, 2.24) is 14.3 Å². The van der Waals surface area contributed by atoms with E-state index in [1.807, 2.05) is 0 Å². The van der Waals surface area contributed by atoms with Crippen molar-refractivity contribution >= 4 is 38.6 Å². The van der Waals surface area contributed by atoms with Gasteiger partial charge in [-0.05, 0) is 89.1 Å². The number of esters is 2. The number of aliphatic hydroxyl groups is 2. The molecule has 6 rings (SSSR count). The third-order valence-electron chi connectivity index (χ3n) is 9.34. The van der Waals surface area contributed by atoms with Gasteiger partial charge in [-0.25, -0.2) is 13.9 Å². The van der Waals surface area contributed by atoms with E-state index in [0.29, 0.717) is 22.1 Å². The maximum absolute atomic E-state index is 14.0. The van der Waals surface area contributed by atoms with Crippen molar-refractivity contribution in [2.75, 3.05) is 6.61 Å². The molecule has 0 aliphatic carbocycles. The smallest absolute Gasteiger partial charge is 0.426 e. The summed E-state index contributed by atoms with van der Waals surface area (Å²) in [6.07, 6.45) is -5.74. The van der Waals surface area contributed by atoms with Crippen molar-refractivity contribution in [2.45, 2.75) is 85.8 Å². The third kappa shape index (κ3) is 11.9. The van der Waals surface area contributed by atoms with Crippen molar-refractivity contribution in [3.63, 3.8) is 0 Å². The second-order valence-corrected chi connectivity index (χ2v) is 19.8. The number of ether oxygens (including phenoxy) is 3. The fourth-order valence-electron chi connectivity index (χ4n) is 5.71. The van der Waals surface area contributed by atoms with E-state index in [9.17, 15) is 43.4 Å². The summed E-state index contributed by atoms with van der Waals surface area (Å²) in [7, 11) is -10.5. The van der Waals surface area contributed by atoms with E-state index < -0.39 is 94.0 Å². The molecule has 0 bridgehead atoms. The predicted octanol–water partition coefficient (Wildman–Crippen LogP) is 5.40. The minimum atomic E-state index is -5.43. The number of nitrogens with zero attached hydrogens (tertiary/aromatic N) is 3. The second-order valence-electron chi connectivity index (χ2n) is 16.5. The number of para-hydroxylation sites is 1. The Hall–Kier alpha value is -5.11. The van der Waals surface area contributed by atoms with E-state index in [1.54, 1.807) is 65.8 Å². The molecule has 22 heteroatoms. The molecule has 338 valence electrons. The maximum atomic E-state index is 14.0. The zero-order valence-corrected chi connectivity index (χ0v) is 36.8. The van der Waals surface area contributed by atoms with Gasteiger partial charge < -0.3 is 33.8 Å². The van der Waals surface area contributed by atoms with Crippen LogP contribution in [0.4, 0.5) is 0 Å². The Morgan fingerprint density at radius 2 is 1.30 bits per heavy atom. The normalized spacial score (nSPS) is 19.2. The van der Waals surface area contributed by atoms with Gasteiger partial charge >= 0.3 is 33.3 Å². The summed E-state index contributed by atoms with van der Waals surface area (Å²) in [6.45, 7) is 7.87. The van der Waals surface area contributed by atoms with E-state index in [0.717, 1.165) is 21.4 Å². The van der Waals surface area contributed by atoms with Crippen LogP contribution < -0.4 is 20.7 Å². The summed E-state index contributed by atoms with van der Waals surface area (Å²) in [6, 6.07) is 19.6. The number of carbonyl (C=O) groups excluding carboxylic acids is 2. The van der Waals surface area contributed by atoms with Crippen LogP contribution in [-0.2, 0) is 61.1 Å². The Kier molecular flexibility index (Phi) is 14.2. The minimum absolute atomic E-state index is 0.217. The minimum Gasteiger partial charge on any atom is -0.426 e. The number of rotatable bonds is 16. The second kappa shape index (κ2) is 18.9. The molecule has 1 aliphatic heterocycles. The summed E-state index contributed by atoms with van der Waals surface area (Å²) in [5.41, 5.74) is -1.78. The van der Waals surface area contributed by atoms with Crippen LogP contribution in [0.5, 0.6) is 11.5 Å². The molecule has 3 unspecified atom stereocenters. The van der Waals surface area contributed by atoms with Gasteiger partial charge in [-0.2, -0.15) is 4.31 Å². The quantitative estimate of drug-likeness (QED) is 0.0636. The molecule has 3 aromatic carbocycles. The lowest BCUT2D eigenvalue weighted by Gasteiger charge is -2.22. The molecule has 0 saturated carbocycles. The van der Waals surface area contributed by atoms with E-state index in [2.05, 4.69) is 5.16 Å². The lowest BCUT2D eigenvalue weighted by molar-refractivity contribution is -0.143. The first-order valence-electron chi connectivity index (χ1n) is 19.4. The summed E-state index contributed by atoms with van der Waals surface area (Å²) in [5, 5.41) is 26.3. The summed E-state index contributed by atoms with van der Waals surface area (Å²) >= 11 is 0. The number of hydrogen-bond acceptors (Lipinski definition) is 17. The molecule has 2 aromatic heterocycles. The highest BCUT2D eigenvalue weighted by atomic mass is 31.3. The molecule has 0 amide bonds. The van der Waals surface area contributed by atoms with Crippen LogP contribution in [0.25, 0.3) is 11.0 Å². The molecule has 3 heterocycles. The molecule has 0 radical (unpaired) electrons. The fraction of sp³-hybridized carbons (Fsp3) is 0.390. The first-order valence-corrected chi connectivity index (χ1v) is 22.3. The Balaban J connectivity index is 1.14. The molecule has 1 aliphatic rings. The zero-order chi connectivity index (χ0) is 45.9. The molecule has 5 aromatic rings. The van der Waals surface area contributed by atoms with Gasteiger partial charge in [0.1, 0.15) is 35.5 Å². The van der Waals surface area contributed by atoms with E-state index in [1.165, 1.54) is 48.5 Å². The van der Waals surface area contributed by atoms with Gasteiger partial charge in [0.2, 0.25) is 0 Å². The molecule has 20 nitrogen and oxygen atoms in total. The van der Waals surface area contributed by atoms with Crippen molar-refractivity contribution in [2.24, 2.45) is 10.8 Å². The number of phosphoric ester groups is 2. The SMILES string of the molecule is CC(C)(C)C(=O)Oc1ccc(COP(=O)(OCc2ccc(OC(=O)C(C)(C)C)cc2)OP(=O)(O)OC[C@H]2O[C@@H](n3ccc(=O)n(Cc4noc5ccccc45)c3=O)C(O)C2O)cc1. The Bertz CT molecular complexity index is 2570. The largest absolute Gasteiger partial charge is 0.484 e. The highest BCUT2D eigenvalue weighted by molar-refractivity contribution is 7.61. The highest BCUT2D eigenvalue weighted by Crippen LogP contribution is 2.64. The molecule has 63 heavy (non-hydrogen) atoms. The Labute approximate surface area is 360 Å². The molecular weight excluding hydrogens is 868 g/mol. The van der Waals surface area contributed by atoms with Gasteiger partial charge in [0.15, 0.2) is 11.8 Å². The molecule has 1 saturated heterocycles. The Morgan fingerprint density at radius 1 is 0.762 bits per heavy atom. The average Bonchev–Trinajstić information content (AvgIpc) is 3.76. The van der Waals surface area contributed by atoms with Crippen LogP contribution in [0.1, 0.15) is 64.6 Å². The predicted molar refractivity (Wildman–Crippen MR) is 221 cm³/mol. The van der Waals surface area contributed by atoms with Crippen molar-refractivity contribution in [3.05, 3.63) is 123 Å². The van der Waals surface area contributed by atoms with E-state index >= 15 is 0 Å². The lowest BCUT2D eigenvalue weighted by Crippen LogP contribution is -2.43. The molecule has 5 atom stereocenters. The van der Waals surface area contributed by atoms with Gasteiger partial charge in [0, 0.05) is 17.6 Å². The van der Waals surface area contributed by atoms with Gasteiger partial charge in [0.25, 0.3) is 5.56 Å². The van der Waals surface area contributed by atoms with Gasteiger partial charge in [-0.15, -0.1) is 0 Å². The van der Waals surface area contributed by atoms with Gasteiger partial charge in [-0.3, -0.25) is 37.1 Å². The topological polar surface area (TPSA) is 264 Å². The number of hydrogen-bond donors (Lipinski definition) is 3. The Morgan fingerprint density at radius 3 is 1.84 bits per heavy atom. The monoisotopic (exact) mass is 915 g/mol. The number of phosphoric acid groups is 2. The van der Waals surface area contributed by atoms with E-state index in [4.69, 9.17) is 36.6 Å². The maximum Gasteiger partial charge on any atom is 0.484 e. The molecular formula is C41H47N3O17P2. The molecule has 1 fully saturated rings. The van der Waals surface area contributed by atoms with Crippen molar-refractivity contribution < 1.29 is 70.4 Å². The first kappa shape index (κ1) is 47.4. The van der Waals surface area contributed by atoms with Crippen molar-refractivity contribution in [3.8, 4) is 11.5 Å². The number of fused-ring (bicyclic) bond motifs is 1. The van der Waals surface area contributed by atoms with Crippen LogP contribution in [0.3, 0.4) is 0 Å². The lowest BCUT2D eigenvalue weighted by atomic mass is 9.97. The van der Waals surface area contributed by atoms with Crippen LogP contribution in [0.2, 0.25) is 0 Å². The van der Waals surface area contributed by atoms with Crippen LogP contribution >= 0.6 is 15.6 Å². The van der Waals surface area contributed by atoms with Crippen LogP contribution in [-0.4, -0.2) is 66.3 Å². The highest BCUT2D eigenvalue weighted by Gasteiger charge is 2.46. The summed E-state index contributed by atoms with van der Waals surface area (Å²) < 4.78 is 71.8. The zero-order valence-electron chi connectivity index (χ0n) is 35.0. The van der Waals surface area contributed by atoms with E-state index in [-0.39, 0.29) is 23.7 Å². The number of aliphatic hydroxyl groups excluding tert-OH is 2. The molecule has 0 spiro atoms. The third-order valence-corrected chi connectivity index (χ3v) is 12.3. The van der Waals surface area contributed by atoms with Gasteiger partial charge in [0.05, 0.1) is 37.2 Å². The van der Waals surface area contributed by atoms with Crippen LogP contribution in [0, 0.1) is 10.8 Å².